The molecule has 0 atom stereocenters. The summed E-state index contributed by atoms with van der Waals surface area (Å²) in [6, 6.07) is 2.51. The number of halogens is 4. The van der Waals surface area contributed by atoms with E-state index in [1.165, 1.54) is 0 Å². The van der Waals surface area contributed by atoms with Gasteiger partial charge in [-0.3, -0.25) is 0 Å². The minimum absolute atomic E-state index is 0.199. The van der Waals surface area contributed by atoms with E-state index in [-0.39, 0.29) is 18.1 Å². The van der Waals surface area contributed by atoms with Crippen molar-refractivity contribution in [3.05, 3.63) is 28.8 Å². The Morgan fingerprint density at radius 2 is 1.95 bits per heavy atom. The van der Waals surface area contributed by atoms with E-state index in [9.17, 15) is 26.7 Å². The second kappa shape index (κ2) is 5.12. The third-order valence-electron chi connectivity index (χ3n) is 3.46. The monoisotopic (exact) mass is 343 g/mol. The number of benzene rings is 1. The lowest BCUT2D eigenvalue weighted by Gasteiger charge is -2.45. The molecule has 0 bridgehead atoms. The Morgan fingerprint density at radius 1 is 1.38 bits per heavy atom. The van der Waals surface area contributed by atoms with Crippen LogP contribution in [0.4, 0.5) is 13.2 Å². The Kier molecular flexibility index (Phi) is 4.03. The van der Waals surface area contributed by atoms with Crippen molar-refractivity contribution in [3.63, 3.8) is 0 Å². The lowest BCUT2D eigenvalue weighted by Crippen LogP contribution is -2.63. The summed E-state index contributed by atoms with van der Waals surface area (Å²) in [5.41, 5.74) is -2.47. The van der Waals surface area contributed by atoms with E-state index in [1.54, 1.807) is 6.92 Å². The molecule has 1 aliphatic rings. The third kappa shape index (κ3) is 3.03. The molecule has 0 saturated carbocycles. The first-order valence-corrected chi connectivity index (χ1v) is 7.91. The zero-order chi connectivity index (χ0) is 16.1. The van der Waals surface area contributed by atoms with E-state index in [0.717, 1.165) is 16.4 Å². The first-order chi connectivity index (χ1) is 9.49. The number of hydrogen-bond acceptors (Lipinski definition) is 3. The summed E-state index contributed by atoms with van der Waals surface area (Å²) < 4.78 is 64.3. The van der Waals surface area contributed by atoms with Gasteiger partial charge < -0.3 is 5.11 Å². The van der Waals surface area contributed by atoms with Gasteiger partial charge in [0.15, 0.2) is 0 Å². The summed E-state index contributed by atoms with van der Waals surface area (Å²) >= 11 is 5.52. The van der Waals surface area contributed by atoms with Gasteiger partial charge in [0, 0.05) is 18.1 Å². The molecule has 1 aliphatic heterocycles. The second-order valence-electron chi connectivity index (χ2n) is 4.99. The zero-order valence-electron chi connectivity index (χ0n) is 11.0. The van der Waals surface area contributed by atoms with Gasteiger partial charge in [0.1, 0.15) is 0 Å². The fourth-order valence-electron chi connectivity index (χ4n) is 2.09. The molecule has 9 heteroatoms. The molecule has 4 nitrogen and oxygen atoms in total. The molecule has 0 unspecified atom stereocenters. The molecule has 0 radical (unpaired) electrons. The first kappa shape index (κ1) is 16.5. The van der Waals surface area contributed by atoms with Crippen LogP contribution in [0.3, 0.4) is 0 Å². The summed E-state index contributed by atoms with van der Waals surface area (Å²) in [7, 11) is -4.32. The molecule has 1 heterocycles. The average molecular weight is 344 g/mol. The van der Waals surface area contributed by atoms with E-state index in [0.29, 0.717) is 12.5 Å². The van der Waals surface area contributed by atoms with E-state index >= 15 is 0 Å². The van der Waals surface area contributed by atoms with Crippen LogP contribution in [0.5, 0.6) is 0 Å². The molecule has 0 aliphatic carbocycles. The molecule has 21 heavy (non-hydrogen) atoms. The van der Waals surface area contributed by atoms with Gasteiger partial charge >= 0.3 is 6.18 Å². The van der Waals surface area contributed by atoms with Gasteiger partial charge in [-0.25, -0.2) is 8.42 Å². The van der Waals surface area contributed by atoms with Crippen molar-refractivity contribution >= 4 is 21.6 Å². The smallest absolute Gasteiger partial charge is 0.387 e. The Hall–Kier alpha value is -0.830. The zero-order valence-corrected chi connectivity index (χ0v) is 12.6. The molecule has 1 N–H and O–H groups in total. The topological polar surface area (TPSA) is 57.6 Å². The summed E-state index contributed by atoms with van der Waals surface area (Å²) in [6.07, 6.45) is -4.51. The number of aliphatic hydroxyl groups is 1. The number of alkyl halides is 3. The summed E-state index contributed by atoms with van der Waals surface area (Å²) in [6.45, 7) is 1.24. The minimum atomic E-state index is -4.83. The van der Waals surface area contributed by atoms with Crippen molar-refractivity contribution in [2.45, 2.75) is 30.0 Å². The van der Waals surface area contributed by atoms with Crippen LogP contribution in [0.15, 0.2) is 23.1 Å². The van der Waals surface area contributed by atoms with Gasteiger partial charge in [-0.15, -0.1) is 0 Å². The normalized spacial score (nSPS) is 19.3. The average Bonchev–Trinajstić information content (AvgIpc) is 2.33. The van der Waals surface area contributed by atoms with Crippen LogP contribution in [0.2, 0.25) is 5.02 Å². The highest BCUT2D eigenvalue weighted by Crippen LogP contribution is 2.39. The molecular weight excluding hydrogens is 331 g/mol. The summed E-state index contributed by atoms with van der Waals surface area (Å²) in [5.74, 6) is 0. The Bertz CT molecular complexity index is 654. The fourth-order valence-corrected chi connectivity index (χ4v) is 4.05. The molecule has 1 aromatic rings. The standard InChI is InChI=1S/C12H13ClF3NO3S/c1-2-11(18)6-17(7-11)21(19,20)10-4-3-8(13)5-9(10)12(14,15)16/h3-5,18H,2,6-7H2,1H3. The molecule has 0 spiro atoms. The maximum absolute atomic E-state index is 13.0. The van der Waals surface area contributed by atoms with E-state index < -0.39 is 32.3 Å². The van der Waals surface area contributed by atoms with Crippen molar-refractivity contribution in [1.29, 1.82) is 0 Å². The maximum atomic E-state index is 13.0. The molecule has 1 aromatic carbocycles. The Morgan fingerprint density at radius 3 is 2.43 bits per heavy atom. The van der Waals surface area contributed by atoms with Crippen LogP contribution in [0.25, 0.3) is 0 Å². The van der Waals surface area contributed by atoms with Gasteiger partial charge in [0.2, 0.25) is 10.0 Å². The summed E-state index contributed by atoms with van der Waals surface area (Å²) in [5, 5.41) is 9.62. The highest BCUT2D eigenvalue weighted by Gasteiger charge is 2.48. The lowest BCUT2D eigenvalue weighted by atomic mass is 9.94. The van der Waals surface area contributed by atoms with E-state index in [4.69, 9.17) is 11.6 Å². The van der Waals surface area contributed by atoms with Gasteiger partial charge in [-0.2, -0.15) is 17.5 Å². The molecule has 118 valence electrons. The lowest BCUT2D eigenvalue weighted by molar-refractivity contribution is -0.140. The minimum Gasteiger partial charge on any atom is -0.387 e. The van der Waals surface area contributed by atoms with Crippen LogP contribution < -0.4 is 0 Å². The molecule has 1 fully saturated rings. The quantitative estimate of drug-likeness (QED) is 0.917. The van der Waals surface area contributed by atoms with Gasteiger partial charge in [-0.05, 0) is 24.6 Å². The first-order valence-electron chi connectivity index (χ1n) is 6.09. The van der Waals surface area contributed by atoms with Crippen LogP contribution in [-0.4, -0.2) is 36.5 Å². The van der Waals surface area contributed by atoms with Crippen LogP contribution >= 0.6 is 11.6 Å². The fraction of sp³-hybridized carbons (Fsp3) is 0.500. The van der Waals surface area contributed by atoms with Crippen LogP contribution in [0, 0.1) is 0 Å². The van der Waals surface area contributed by atoms with Crippen molar-refractivity contribution in [2.24, 2.45) is 0 Å². The van der Waals surface area contributed by atoms with Crippen LogP contribution in [-0.2, 0) is 16.2 Å². The SMILES string of the molecule is CCC1(O)CN(S(=O)(=O)c2ccc(Cl)cc2C(F)(F)F)C1. The number of sulfonamides is 1. The highest BCUT2D eigenvalue weighted by atomic mass is 35.5. The van der Waals surface area contributed by atoms with Crippen molar-refractivity contribution in [2.75, 3.05) is 13.1 Å². The maximum Gasteiger partial charge on any atom is 0.417 e. The van der Waals surface area contributed by atoms with Crippen molar-refractivity contribution < 1.29 is 26.7 Å². The molecule has 0 amide bonds. The highest BCUT2D eigenvalue weighted by molar-refractivity contribution is 7.89. The van der Waals surface area contributed by atoms with Gasteiger partial charge in [0.05, 0.1) is 16.1 Å². The van der Waals surface area contributed by atoms with E-state index in [2.05, 4.69) is 0 Å². The van der Waals surface area contributed by atoms with E-state index in [1.807, 2.05) is 0 Å². The largest absolute Gasteiger partial charge is 0.417 e. The predicted molar refractivity (Wildman–Crippen MR) is 70.5 cm³/mol. The van der Waals surface area contributed by atoms with Gasteiger partial charge in [-0.1, -0.05) is 18.5 Å². The molecule has 2 rings (SSSR count). The van der Waals surface area contributed by atoms with Crippen molar-refractivity contribution in [1.82, 2.24) is 4.31 Å². The predicted octanol–water partition coefficient (Wildman–Crippen LogP) is 2.50. The number of rotatable bonds is 3. The van der Waals surface area contributed by atoms with Gasteiger partial charge in [0.25, 0.3) is 0 Å². The number of hydrogen-bond donors (Lipinski definition) is 1. The van der Waals surface area contributed by atoms with Crippen molar-refractivity contribution in [3.8, 4) is 0 Å². The molecule has 0 aromatic heterocycles. The third-order valence-corrected chi connectivity index (χ3v) is 5.55. The van der Waals surface area contributed by atoms with Crippen LogP contribution in [0.1, 0.15) is 18.9 Å². The number of β-amino-alcohol motifs (C(OH)–C–C–N with tert-alkyl or cyclic N) is 1. The second-order valence-corrected chi connectivity index (χ2v) is 7.33. The summed E-state index contributed by atoms with van der Waals surface area (Å²) in [4.78, 5) is -0.849. The Labute approximate surface area is 125 Å². The molecule has 1 saturated heterocycles. The Balaban J connectivity index is 2.43. The molecular formula is C12H13ClF3NO3S. The number of nitrogens with zero attached hydrogens (tertiary/aromatic N) is 1.